The molecule has 0 saturated heterocycles. The molecule has 1 aromatic heterocycles. The Morgan fingerprint density at radius 2 is 1.63 bits per heavy atom. The highest BCUT2D eigenvalue weighted by molar-refractivity contribution is 6.30. The van der Waals surface area contributed by atoms with Gasteiger partial charge in [-0.15, -0.1) is 0 Å². The average molecular weight is 384 g/mol. The molecular weight excluding hydrogens is 362 g/mol. The van der Waals surface area contributed by atoms with Crippen LogP contribution < -0.4 is 10.5 Å². The first-order valence-corrected chi connectivity index (χ1v) is 9.14. The van der Waals surface area contributed by atoms with Crippen LogP contribution in [0.1, 0.15) is 29.9 Å². The van der Waals surface area contributed by atoms with Crippen LogP contribution in [0.25, 0.3) is 5.69 Å². The van der Waals surface area contributed by atoms with Crippen molar-refractivity contribution in [3.63, 3.8) is 0 Å². The Morgan fingerprint density at radius 3 is 2.19 bits per heavy atom. The second-order valence-electron chi connectivity index (χ2n) is 6.69. The van der Waals surface area contributed by atoms with Crippen LogP contribution in [0.4, 0.5) is 5.69 Å². The van der Waals surface area contributed by atoms with Gasteiger partial charge in [0, 0.05) is 23.7 Å². The molecule has 0 radical (unpaired) electrons. The second kappa shape index (κ2) is 7.45. The molecule has 140 valence electrons. The van der Waals surface area contributed by atoms with E-state index in [-0.39, 0.29) is 17.5 Å². The third-order valence-electron chi connectivity index (χ3n) is 4.59. The van der Waals surface area contributed by atoms with Crippen LogP contribution in [0, 0.1) is 6.92 Å². The molecule has 0 aliphatic rings. The summed E-state index contributed by atoms with van der Waals surface area (Å²) in [5, 5.41) is 0.560. The fraction of sp³-hybridized carbons (Fsp3) is 0.238. The molecule has 0 bridgehead atoms. The molecule has 0 atom stereocenters. The molecular formula is C21H22ClN3O2. The van der Waals surface area contributed by atoms with Crippen molar-refractivity contribution in [2.75, 3.05) is 4.90 Å². The Morgan fingerprint density at radius 1 is 1.04 bits per heavy atom. The van der Waals surface area contributed by atoms with Crippen LogP contribution >= 0.6 is 11.6 Å². The van der Waals surface area contributed by atoms with Crippen molar-refractivity contribution in [1.29, 1.82) is 0 Å². The Labute approximate surface area is 163 Å². The first kappa shape index (κ1) is 19.0. The van der Waals surface area contributed by atoms with E-state index in [0.717, 1.165) is 11.4 Å². The molecule has 0 fully saturated rings. The number of anilines is 1. The van der Waals surface area contributed by atoms with Crippen LogP contribution in [-0.4, -0.2) is 21.3 Å². The van der Waals surface area contributed by atoms with E-state index in [2.05, 4.69) is 0 Å². The van der Waals surface area contributed by atoms with Crippen molar-refractivity contribution < 1.29 is 4.79 Å². The highest BCUT2D eigenvalue weighted by atomic mass is 35.5. The zero-order valence-electron chi connectivity index (χ0n) is 15.8. The summed E-state index contributed by atoms with van der Waals surface area (Å²) in [5.41, 5.74) is 2.12. The van der Waals surface area contributed by atoms with Crippen molar-refractivity contribution in [2.45, 2.75) is 26.8 Å². The minimum absolute atomic E-state index is 0.189. The molecule has 1 amide bonds. The molecule has 27 heavy (non-hydrogen) atoms. The first-order valence-electron chi connectivity index (χ1n) is 8.76. The van der Waals surface area contributed by atoms with Gasteiger partial charge >= 0.3 is 0 Å². The molecule has 3 rings (SSSR count). The van der Waals surface area contributed by atoms with Crippen molar-refractivity contribution >= 4 is 23.2 Å². The number of rotatable bonds is 4. The van der Waals surface area contributed by atoms with E-state index in [1.807, 2.05) is 58.2 Å². The van der Waals surface area contributed by atoms with Crippen LogP contribution in [0.5, 0.6) is 0 Å². The SMILES string of the molecule is Cc1c(N(C(=O)c2ccc(Cl)cc2)C(C)C)c(=O)n(-c2ccccc2)n1C. The fourth-order valence-corrected chi connectivity index (χ4v) is 3.28. The number of hydrogen-bond donors (Lipinski definition) is 0. The van der Waals surface area contributed by atoms with Crippen molar-refractivity contribution in [3.8, 4) is 5.69 Å². The van der Waals surface area contributed by atoms with E-state index in [0.29, 0.717) is 16.3 Å². The van der Waals surface area contributed by atoms with Crippen molar-refractivity contribution in [2.24, 2.45) is 7.05 Å². The zero-order valence-corrected chi connectivity index (χ0v) is 16.6. The van der Waals surface area contributed by atoms with Crippen LogP contribution in [0.2, 0.25) is 5.02 Å². The molecule has 2 aromatic carbocycles. The Hall–Kier alpha value is -2.79. The standard InChI is InChI=1S/C21H22ClN3O2/c1-14(2)24(20(26)16-10-12-17(22)13-11-16)19-15(3)23(4)25(21(19)27)18-8-6-5-7-9-18/h5-14H,1-4H3. The van der Waals surface area contributed by atoms with E-state index in [1.165, 1.54) is 0 Å². The van der Waals surface area contributed by atoms with Crippen LogP contribution in [-0.2, 0) is 7.05 Å². The van der Waals surface area contributed by atoms with Gasteiger partial charge in [-0.1, -0.05) is 29.8 Å². The second-order valence-corrected chi connectivity index (χ2v) is 7.12. The monoisotopic (exact) mass is 383 g/mol. The number of benzene rings is 2. The summed E-state index contributed by atoms with van der Waals surface area (Å²) in [6.45, 7) is 5.64. The maximum atomic E-state index is 13.3. The van der Waals surface area contributed by atoms with Gasteiger partial charge in [0.15, 0.2) is 0 Å². The van der Waals surface area contributed by atoms with Gasteiger partial charge in [-0.25, -0.2) is 4.68 Å². The van der Waals surface area contributed by atoms with E-state index >= 15 is 0 Å². The predicted octanol–water partition coefficient (Wildman–Crippen LogP) is 4.19. The number of para-hydroxylation sites is 1. The highest BCUT2D eigenvalue weighted by Gasteiger charge is 2.28. The lowest BCUT2D eigenvalue weighted by Crippen LogP contribution is -2.40. The van der Waals surface area contributed by atoms with Gasteiger partial charge in [0.2, 0.25) is 0 Å². The number of hydrogen-bond acceptors (Lipinski definition) is 2. The van der Waals surface area contributed by atoms with E-state index < -0.39 is 0 Å². The summed E-state index contributed by atoms with van der Waals surface area (Å²) < 4.78 is 3.35. The van der Waals surface area contributed by atoms with E-state index in [9.17, 15) is 9.59 Å². The average Bonchev–Trinajstić information content (AvgIpc) is 2.86. The van der Waals surface area contributed by atoms with Gasteiger partial charge in [-0.2, -0.15) is 0 Å². The number of halogens is 1. The third kappa shape index (κ3) is 3.43. The topological polar surface area (TPSA) is 47.2 Å². The van der Waals surface area contributed by atoms with Gasteiger partial charge in [-0.3, -0.25) is 19.2 Å². The smallest absolute Gasteiger partial charge is 0.295 e. The Bertz CT molecular complexity index is 1020. The minimum Gasteiger partial charge on any atom is -0.299 e. The molecule has 0 N–H and O–H groups in total. The van der Waals surface area contributed by atoms with Gasteiger partial charge in [0.25, 0.3) is 11.5 Å². The normalized spacial score (nSPS) is 11.0. The van der Waals surface area contributed by atoms with Crippen LogP contribution in [0.3, 0.4) is 0 Å². The van der Waals surface area contributed by atoms with E-state index in [1.54, 1.807) is 38.5 Å². The van der Waals surface area contributed by atoms with Crippen LogP contribution in [0.15, 0.2) is 59.4 Å². The summed E-state index contributed by atoms with van der Waals surface area (Å²) in [7, 11) is 1.82. The summed E-state index contributed by atoms with van der Waals surface area (Å²) >= 11 is 5.94. The maximum absolute atomic E-state index is 13.3. The number of nitrogens with zero attached hydrogens (tertiary/aromatic N) is 3. The van der Waals surface area contributed by atoms with Gasteiger partial charge in [0.1, 0.15) is 5.69 Å². The zero-order chi connectivity index (χ0) is 19.7. The maximum Gasteiger partial charge on any atom is 0.295 e. The lowest BCUT2D eigenvalue weighted by atomic mass is 10.1. The number of amides is 1. The molecule has 1 heterocycles. The molecule has 0 aliphatic carbocycles. The van der Waals surface area contributed by atoms with E-state index in [4.69, 9.17) is 11.6 Å². The molecule has 0 aliphatic heterocycles. The molecule has 0 saturated carbocycles. The number of aromatic nitrogens is 2. The lowest BCUT2D eigenvalue weighted by molar-refractivity contribution is 0.0980. The summed E-state index contributed by atoms with van der Waals surface area (Å²) in [6, 6.07) is 15.9. The summed E-state index contributed by atoms with van der Waals surface area (Å²) in [6.07, 6.45) is 0. The minimum atomic E-state index is -0.229. The summed E-state index contributed by atoms with van der Waals surface area (Å²) in [5.74, 6) is -0.229. The van der Waals surface area contributed by atoms with Crippen molar-refractivity contribution in [1.82, 2.24) is 9.36 Å². The first-order chi connectivity index (χ1) is 12.8. The molecule has 5 nitrogen and oxygen atoms in total. The predicted molar refractivity (Wildman–Crippen MR) is 109 cm³/mol. The number of carbonyl (C=O) groups is 1. The Kier molecular flexibility index (Phi) is 5.24. The third-order valence-corrected chi connectivity index (χ3v) is 4.84. The molecule has 0 unspecified atom stereocenters. The quantitative estimate of drug-likeness (QED) is 0.678. The Balaban J connectivity index is 2.16. The lowest BCUT2D eigenvalue weighted by Gasteiger charge is -2.25. The van der Waals surface area contributed by atoms with Gasteiger partial charge < -0.3 is 0 Å². The molecule has 0 spiro atoms. The fourth-order valence-electron chi connectivity index (χ4n) is 3.16. The van der Waals surface area contributed by atoms with Crippen molar-refractivity contribution in [3.05, 3.63) is 81.2 Å². The highest BCUT2D eigenvalue weighted by Crippen LogP contribution is 2.23. The van der Waals surface area contributed by atoms with Gasteiger partial charge in [0.05, 0.1) is 11.4 Å². The summed E-state index contributed by atoms with van der Waals surface area (Å²) in [4.78, 5) is 28.0. The van der Waals surface area contributed by atoms with Gasteiger partial charge in [-0.05, 0) is 57.2 Å². The number of carbonyl (C=O) groups excluding carboxylic acids is 1. The molecule has 6 heteroatoms. The molecule has 3 aromatic rings. The largest absolute Gasteiger partial charge is 0.299 e.